The van der Waals surface area contributed by atoms with Crippen LogP contribution in [0, 0.1) is 0 Å². The quantitative estimate of drug-likeness (QED) is 0.178. The molecule has 3 aliphatic heterocycles. The minimum absolute atomic E-state index is 0.0109. The first kappa shape index (κ1) is 35.4. The highest BCUT2D eigenvalue weighted by Crippen LogP contribution is 2.39. The van der Waals surface area contributed by atoms with Crippen LogP contribution in [-0.2, 0) is 37.7 Å². The largest absolute Gasteiger partial charge is 0.508 e. The molecule has 3 aliphatic rings. The first-order chi connectivity index (χ1) is 26.8. The van der Waals surface area contributed by atoms with Gasteiger partial charge in [-0.1, -0.05) is 35.9 Å². The van der Waals surface area contributed by atoms with Gasteiger partial charge in [-0.15, -0.1) is 0 Å². The average Bonchev–Trinajstić information content (AvgIpc) is 3.79. The lowest BCUT2D eigenvalue weighted by Crippen LogP contribution is -2.52. The van der Waals surface area contributed by atoms with Gasteiger partial charge in [-0.05, 0) is 110 Å². The van der Waals surface area contributed by atoms with Gasteiger partial charge in [0.25, 0.3) is 11.8 Å². The molecule has 0 radical (unpaired) electrons. The Labute approximate surface area is 325 Å². The number of hydrogen-bond donors (Lipinski definition) is 1. The molecule has 0 bridgehead atoms. The van der Waals surface area contributed by atoms with Crippen molar-refractivity contribution in [3.8, 4) is 17.0 Å². The third-order valence-corrected chi connectivity index (χ3v) is 11.8. The highest BCUT2D eigenvalue weighted by atomic mass is 35.5. The van der Waals surface area contributed by atoms with Crippen molar-refractivity contribution < 1.29 is 19.4 Å². The van der Waals surface area contributed by atoms with E-state index in [1.54, 1.807) is 35.2 Å². The normalized spacial score (nSPS) is 17.2. The summed E-state index contributed by atoms with van der Waals surface area (Å²) in [7, 11) is 2.00. The number of halogens is 1. The van der Waals surface area contributed by atoms with Crippen molar-refractivity contribution in [3.63, 3.8) is 0 Å². The number of morpholine rings is 1. The summed E-state index contributed by atoms with van der Waals surface area (Å²) in [6.45, 7) is 5.11. The number of phenols is 1. The minimum atomic E-state index is -0.175. The number of aryl methyl sites for hydroxylation is 1. The summed E-state index contributed by atoms with van der Waals surface area (Å²) < 4.78 is 9.92. The van der Waals surface area contributed by atoms with Crippen LogP contribution in [0.25, 0.3) is 22.2 Å². The van der Waals surface area contributed by atoms with E-state index in [0.717, 1.165) is 85.4 Å². The fourth-order valence-electron chi connectivity index (χ4n) is 8.74. The summed E-state index contributed by atoms with van der Waals surface area (Å²) in [4.78, 5) is 36.3. The van der Waals surface area contributed by atoms with E-state index in [-0.39, 0.29) is 23.6 Å². The first-order valence-electron chi connectivity index (χ1n) is 19.2. The molecule has 0 unspecified atom stereocenters. The molecule has 5 heterocycles. The van der Waals surface area contributed by atoms with Gasteiger partial charge in [-0.25, -0.2) is 0 Å². The number of aromatic hydroxyl groups is 1. The molecule has 280 valence electrons. The second-order valence-corrected chi connectivity index (χ2v) is 15.4. The number of hydrogen-bond acceptors (Lipinski definition) is 5. The van der Waals surface area contributed by atoms with E-state index in [1.165, 1.54) is 11.1 Å². The van der Waals surface area contributed by atoms with Crippen LogP contribution in [0.5, 0.6) is 5.75 Å². The minimum Gasteiger partial charge on any atom is -0.508 e. The number of fused-ring (bicyclic) bond motifs is 3. The molecule has 2 aromatic heterocycles. The van der Waals surface area contributed by atoms with E-state index in [1.807, 2.05) is 66.7 Å². The van der Waals surface area contributed by atoms with Gasteiger partial charge < -0.3 is 23.9 Å². The maximum atomic E-state index is 15.1. The van der Waals surface area contributed by atoms with Crippen molar-refractivity contribution in [3.05, 3.63) is 136 Å². The molecule has 4 aromatic carbocycles. The van der Waals surface area contributed by atoms with Crippen molar-refractivity contribution in [1.29, 1.82) is 0 Å². The number of ether oxygens (including phenoxy) is 1. The molecule has 0 spiro atoms. The molecular formula is C45H44ClN5O4. The Bertz CT molecular complexity index is 2410. The zero-order chi connectivity index (χ0) is 37.6. The van der Waals surface area contributed by atoms with Gasteiger partial charge >= 0.3 is 0 Å². The maximum absolute atomic E-state index is 15.1. The van der Waals surface area contributed by atoms with Gasteiger partial charge in [0.2, 0.25) is 0 Å². The summed E-state index contributed by atoms with van der Waals surface area (Å²) in [5.74, 6) is -0.0905. The Hall–Kier alpha value is -5.35. The number of nitrogens with zero attached hydrogens (tertiary/aromatic N) is 5. The van der Waals surface area contributed by atoms with Crippen molar-refractivity contribution in [2.24, 2.45) is 7.05 Å². The summed E-state index contributed by atoms with van der Waals surface area (Å²) >= 11 is 6.76. The molecule has 1 saturated heterocycles. The molecule has 1 fully saturated rings. The predicted octanol–water partition coefficient (Wildman–Crippen LogP) is 8.22. The van der Waals surface area contributed by atoms with E-state index in [9.17, 15) is 5.11 Å². The topological polar surface area (TPSA) is 83.2 Å². The highest BCUT2D eigenvalue weighted by Gasteiger charge is 2.35. The lowest BCUT2D eigenvalue weighted by Gasteiger charge is -2.40. The van der Waals surface area contributed by atoms with Crippen molar-refractivity contribution in [2.75, 3.05) is 37.7 Å². The molecule has 10 heteroatoms. The summed E-state index contributed by atoms with van der Waals surface area (Å²) in [5.41, 5.74) is 8.54. The van der Waals surface area contributed by atoms with E-state index in [2.05, 4.69) is 32.2 Å². The zero-order valence-electron chi connectivity index (χ0n) is 31.0. The third kappa shape index (κ3) is 6.71. The van der Waals surface area contributed by atoms with Crippen molar-refractivity contribution in [1.82, 2.24) is 18.9 Å². The number of carbonyl (C=O) groups excluding carboxylic acids is 2. The number of amides is 2. The Morgan fingerprint density at radius 3 is 2.45 bits per heavy atom. The van der Waals surface area contributed by atoms with Crippen LogP contribution < -0.4 is 4.90 Å². The maximum Gasteiger partial charge on any atom is 0.264 e. The van der Waals surface area contributed by atoms with Crippen molar-refractivity contribution in [2.45, 2.75) is 44.8 Å². The monoisotopic (exact) mass is 753 g/mol. The number of anilines is 2. The zero-order valence-corrected chi connectivity index (χ0v) is 31.7. The summed E-state index contributed by atoms with van der Waals surface area (Å²) in [6.07, 6.45) is 5.44. The molecule has 1 N–H and O–H groups in total. The predicted molar refractivity (Wildman–Crippen MR) is 216 cm³/mol. The van der Waals surface area contributed by atoms with Gasteiger partial charge in [0, 0.05) is 102 Å². The number of benzene rings is 4. The van der Waals surface area contributed by atoms with E-state index in [0.29, 0.717) is 41.6 Å². The number of aromatic nitrogens is 2. The second-order valence-electron chi connectivity index (χ2n) is 15.0. The molecule has 55 heavy (non-hydrogen) atoms. The number of carbonyl (C=O) groups is 2. The molecule has 1 atom stereocenters. The smallest absolute Gasteiger partial charge is 0.264 e. The Morgan fingerprint density at radius 1 is 0.855 bits per heavy atom. The Morgan fingerprint density at radius 2 is 1.64 bits per heavy atom. The lowest BCUT2D eigenvalue weighted by molar-refractivity contribution is 0.0193. The van der Waals surface area contributed by atoms with Crippen LogP contribution in [-0.4, -0.2) is 74.7 Å². The van der Waals surface area contributed by atoms with E-state index >= 15 is 9.59 Å². The van der Waals surface area contributed by atoms with Crippen LogP contribution in [0.15, 0.2) is 103 Å². The van der Waals surface area contributed by atoms with Crippen LogP contribution >= 0.6 is 11.6 Å². The van der Waals surface area contributed by atoms with Gasteiger partial charge in [-0.2, -0.15) is 0 Å². The Kier molecular flexibility index (Phi) is 9.46. The van der Waals surface area contributed by atoms with Crippen LogP contribution in [0.3, 0.4) is 0 Å². The van der Waals surface area contributed by atoms with Crippen LogP contribution in [0.1, 0.15) is 50.4 Å². The van der Waals surface area contributed by atoms with Gasteiger partial charge in [0.1, 0.15) is 5.75 Å². The molecule has 6 aromatic rings. The van der Waals surface area contributed by atoms with Gasteiger partial charge in [-0.3, -0.25) is 19.4 Å². The molecule has 0 saturated carbocycles. The second kappa shape index (κ2) is 14.7. The third-order valence-electron chi connectivity index (χ3n) is 11.6. The van der Waals surface area contributed by atoms with Gasteiger partial charge in [0.15, 0.2) is 0 Å². The molecule has 0 aliphatic carbocycles. The highest BCUT2D eigenvalue weighted by molar-refractivity contribution is 6.31. The van der Waals surface area contributed by atoms with Gasteiger partial charge in [0.05, 0.1) is 18.8 Å². The number of rotatable bonds is 7. The molecule has 9 nitrogen and oxygen atoms in total. The Balaban J connectivity index is 1.13. The lowest BCUT2D eigenvalue weighted by atomic mass is 9.92. The molecule has 2 amide bonds. The standard InChI is InChI=1S/C45H44ClN5O4/c1-47-19-17-31-25-35(12-16-41(31)47)51(34-10-13-37(52)14-11-34)45(54)40-27-43(49-18-5-4-8-42(40)49)39-26-33(46)9-15-38(39)44(53)50-28-32-7-3-2-6-30(32)24-36(50)29-48-20-22-55-23-21-48/h2-3,6-7,9-17,19,25-27,36,52H,4-5,8,18,20-24,28-29H2,1H3/t36-/m1/s1. The van der Waals surface area contributed by atoms with E-state index in [4.69, 9.17) is 16.3 Å². The fraction of sp³-hybridized carbons (Fsp3) is 0.289. The SMILES string of the molecule is Cn1ccc2cc(N(C(=O)c3cc(-c4cc(Cl)ccc4C(=O)N4Cc5ccccc5C[C@@H]4CN4CCOCC4)n4c3CCCC4)c3ccc(O)cc3)ccc21. The molecular weight excluding hydrogens is 710 g/mol. The van der Waals surface area contributed by atoms with Crippen molar-refractivity contribution >= 4 is 45.7 Å². The first-order valence-corrected chi connectivity index (χ1v) is 19.6. The fourth-order valence-corrected chi connectivity index (χ4v) is 8.91. The number of phenolic OH excluding ortho intramolecular Hbond substituents is 1. The summed E-state index contributed by atoms with van der Waals surface area (Å²) in [6, 6.07) is 30.7. The van der Waals surface area contributed by atoms with E-state index < -0.39 is 0 Å². The average molecular weight is 754 g/mol. The van der Waals surface area contributed by atoms with Crippen LogP contribution in [0.4, 0.5) is 11.4 Å². The molecule has 9 rings (SSSR count). The summed E-state index contributed by atoms with van der Waals surface area (Å²) in [5, 5.41) is 11.7. The van der Waals surface area contributed by atoms with Crippen LogP contribution in [0.2, 0.25) is 5.02 Å².